The third kappa shape index (κ3) is 5.38. The Balaban J connectivity index is 1.01. The van der Waals surface area contributed by atoms with E-state index in [-0.39, 0.29) is 0 Å². The fourth-order valence-electron chi connectivity index (χ4n) is 8.04. The van der Waals surface area contributed by atoms with E-state index in [1.54, 1.807) is 0 Å². The molecule has 2 heterocycles. The molecule has 2 aromatic heterocycles. The average molecular weight is 718 g/mol. The van der Waals surface area contributed by atoms with Crippen molar-refractivity contribution in [1.82, 2.24) is 15.0 Å². The number of thiophene rings is 1. The molecule has 4 heteroatoms. The van der Waals surface area contributed by atoms with E-state index in [4.69, 9.17) is 15.0 Å². The van der Waals surface area contributed by atoms with Crippen molar-refractivity contribution in [2.75, 3.05) is 0 Å². The van der Waals surface area contributed by atoms with Gasteiger partial charge in [0.15, 0.2) is 17.5 Å². The van der Waals surface area contributed by atoms with E-state index in [0.717, 1.165) is 22.3 Å². The van der Waals surface area contributed by atoms with Crippen LogP contribution in [0.3, 0.4) is 0 Å². The van der Waals surface area contributed by atoms with E-state index >= 15 is 0 Å². The molecule has 0 spiro atoms. The van der Waals surface area contributed by atoms with Gasteiger partial charge in [-0.25, -0.2) is 15.0 Å². The van der Waals surface area contributed by atoms with Gasteiger partial charge in [0.25, 0.3) is 0 Å². The normalized spacial score (nSPS) is 11.6. The minimum absolute atomic E-state index is 0.642. The van der Waals surface area contributed by atoms with Crippen molar-refractivity contribution in [1.29, 1.82) is 0 Å². The zero-order chi connectivity index (χ0) is 36.3. The van der Waals surface area contributed by atoms with Crippen molar-refractivity contribution < 1.29 is 0 Å². The Hall–Kier alpha value is -7.01. The number of hydrogen-bond donors (Lipinski definition) is 0. The second kappa shape index (κ2) is 12.8. The van der Waals surface area contributed by atoms with Gasteiger partial charge in [0.1, 0.15) is 0 Å². The summed E-state index contributed by atoms with van der Waals surface area (Å²) in [6, 6.07) is 66.9. The fourth-order valence-corrected chi connectivity index (χ4v) is 9.28. The minimum atomic E-state index is 0.642. The van der Waals surface area contributed by atoms with Crippen LogP contribution < -0.4 is 0 Å². The van der Waals surface area contributed by atoms with E-state index in [1.807, 2.05) is 29.5 Å². The van der Waals surface area contributed by atoms with Gasteiger partial charge in [0.2, 0.25) is 0 Å². The third-order valence-electron chi connectivity index (χ3n) is 10.7. The number of rotatable bonds is 5. The smallest absolute Gasteiger partial charge is 0.164 e. The lowest BCUT2D eigenvalue weighted by Gasteiger charge is -2.14. The van der Waals surface area contributed by atoms with E-state index in [1.165, 1.54) is 69.2 Å². The van der Waals surface area contributed by atoms with E-state index in [9.17, 15) is 0 Å². The molecule has 0 bridgehead atoms. The number of benzene rings is 9. The third-order valence-corrected chi connectivity index (χ3v) is 11.9. The summed E-state index contributed by atoms with van der Waals surface area (Å²) in [4.78, 5) is 15.2. The lowest BCUT2D eigenvalue weighted by Crippen LogP contribution is -2.00. The molecule has 256 valence electrons. The second-order valence-corrected chi connectivity index (χ2v) is 15.0. The van der Waals surface area contributed by atoms with Crippen molar-refractivity contribution in [3.05, 3.63) is 188 Å². The van der Waals surface area contributed by atoms with Gasteiger partial charge in [-0.2, -0.15) is 0 Å². The SMILES string of the molecule is c1ccc(-c2nc(-c3ccc(-c4c5ccccc5cc5c4ccc4ccccc45)cc3)nc(-c3ccc(-c4cccc5c4sc4ccccc45)cc3)n2)cc1. The maximum absolute atomic E-state index is 5.10. The highest BCUT2D eigenvalue weighted by Crippen LogP contribution is 2.41. The van der Waals surface area contributed by atoms with Crippen molar-refractivity contribution in [3.8, 4) is 56.4 Å². The Morgan fingerprint density at radius 2 is 0.855 bits per heavy atom. The lowest BCUT2D eigenvalue weighted by atomic mass is 9.89. The van der Waals surface area contributed by atoms with Crippen LogP contribution in [0.2, 0.25) is 0 Å². The van der Waals surface area contributed by atoms with Crippen molar-refractivity contribution >= 4 is 63.8 Å². The van der Waals surface area contributed by atoms with Crippen LogP contribution in [-0.2, 0) is 0 Å². The standard InChI is InChI=1S/C51H31N3S/c1-2-12-35(13-3-1)49-52-50(36-25-21-33(22-26-36)41-18-10-19-44-42-17-8-9-20-46(42)55-48(41)44)54-51(53-49)37-27-23-34(24-28-37)47-40-16-7-5-14-38(40)31-45-39-15-6-4-11-32(39)29-30-43(45)47/h1-31H. The molecule has 55 heavy (non-hydrogen) atoms. The number of hydrogen-bond acceptors (Lipinski definition) is 4. The van der Waals surface area contributed by atoms with Gasteiger partial charge < -0.3 is 0 Å². The Kier molecular flexibility index (Phi) is 7.35. The topological polar surface area (TPSA) is 38.7 Å². The van der Waals surface area contributed by atoms with Gasteiger partial charge in [-0.15, -0.1) is 11.3 Å². The van der Waals surface area contributed by atoms with Crippen molar-refractivity contribution in [3.63, 3.8) is 0 Å². The lowest BCUT2D eigenvalue weighted by molar-refractivity contribution is 1.07. The van der Waals surface area contributed by atoms with Gasteiger partial charge in [-0.05, 0) is 66.7 Å². The molecule has 0 aliphatic carbocycles. The molecule has 3 nitrogen and oxygen atoms in total. The highest BCUT2D eigenvalue weighted by molar-refractivity contribution is 7.26. The zero-order valence-electron chi connectivity index (χ0n) is 29.6. The van der Waals surface area contributed by atoms with Crippen molar-refractivity contribution in [2.45, 2.75) is 0 Å². The van der Waals surface area contributed by atoms with Crippen LogP contribution in [0.1, 0.15) is 0 Å². The first-order chi connectivity index (χ1) is 27.2. The van der Waals surface area contributed by atoms with Gasteiger partial charge in [-0.1, -0.05) is 176 Å². The molecule has 0 aliphatic rings. The largest absolute Gasteiger partial charge is 0.208 e. The Labute approximate surface area is 321 Å². The molecular weight excluding hydrogens is 687 g/mol. The quantitative estimate of drug-likeness (QED) is 0.131. The van der Waals surface area contributed by atoms with Crippen LogP contribution in [-0.4, -0.2) is 15.0 Å². The van der Waals surface area contributed by atoms with Crippen LogP contribution in [0.15, 0.2) is 188 Å². The van der Waals surface area contributed by atoms with Crippen LogP contribution >= 0.6 is 11.3 Å². The Bertz CT molecular complexity index is 3240. The summed E-state index contributed by atoms with van der Waals surface area (Å²) in [6.07, 6.45) is 0. The van der Waals surface area contributed by atoms with E-state index in [2.05, 4.69) is 170 Å². The number of aromatic nitrogens is 3. The molecule has 0 saturated heterocycles. The number of nitrogens with zero attached hydrogens (tertiary/aromatic N) is 3. The van der Waals surface area contributed by atoms with E-state index in [0.29, 0.717) is 17.5 Å². The molecule has 0 amide bonds. The summed E-state index contributed by atoms with van der Waals surface area (Å²) < 4.78 is 2.61. The molecule has 0 fully saturated rings. The predicted octanol–water partition coefficient (Wildman–Crippen LogP) is 14.0. The maximum atomic E-state index is 5.10. The van der Waals surface area contributed by atoms with Crippen LogP contribution in [0.25, 0.3) is 109 Å². The number of fused-ring (bicyclic) bond motifs is 7. The summed E-state index contributed by atoms with van der Waals surface area (Å²) in [5.74, 6) is 1.94. The molecule has 0 aliphatic heterocycles. The van der Waals surface area contributed by atoms with Gasteiger partial charge >= 0.3 is 0 Å². The summed E-state index contributed by atoms with van der Waals surface area (Å²) in [6.45, 7) is 0. The average Bonchev–Trinajstić information content (AvgIpc) is 3.65. The molecule has 11 aromatic rings. The molecule has 9 aromatic carbocycles. The van der Waals surface area contributed by atoms with E-state index < -0.39 is 0 Å². The monoisotopic (exact) mass is 717 g/mol. The second-order valence-electron chi connectivity index (χ2n) is 14.0. The van der Waals surface area contributed by atoms with Gasteiger partial charge in [0.05, 0.1) is 0 Å². The summed E-state index contributed by atoms with van der Waals surface area (Å²) >= 11 is 1.85. The summed E-state index contributed by atoms with van der Waals surface area (Å²) in [5, 5.41) is 10.1. The fraction of sp³-hybridized carbons (Fsp3) is 0. The maximum Gasteiger partial charge on any atom is 0.164 e. The first-order valence-electron chi connectivity index (χ1n) is 18.5. The Morgan fingerprint density at radius 1 is 0.309 bits per heavy atom. The van der Waals surface area contributed by atoms with Crippen LogP contribution in [0.5, 0.6) is 0 Å². The first-order valence-corrected chi connectivity index (χ1v) is 19.3. The molecule has 11 rings (SSSR count). The van der Waals surface area contributed by atoms with Gasteiger partial charge in [0, 0.05) is 36.9 Å². The molecule has 0 saturated carbocycles. The predicted molar refractivity (Wildman–Crippen MR) is 232 cm³/mol. The summed E-state index contributed by atoms with van der Waals surface area (Å²) in [7, 11) is 0. The zero-order valence-corrected chi connectivity index (χ0v) is 30.5. The highest BCUT2D eigenvalue weighted by Gasteiger charge is 2.16. The first kappa shape index (κ1) is 31.5. The van der Waals surface area contributed by atoms with Crippen LogP contribution in [0.4, 0.5) is 0 Å². The summed E-state index contributed by atoms with van der Waals surface area (Å²) in [5.41, 5.74) is 7.63. The molecule has 0 unspecified atom stereocenters. The van der Waals surface area contributed by atoms with Crippen LogP contribution in [0, 0.1) is 0 Å². The minimum Gasteiger partial charge on any atom is -0.208 e. The van der Waals surface area contributed by atoms with Gasteiger partial charge in [-0.3, -0.25) is 0 Å². The Morgan fingerprint density at radius 3 is 1.58 bits per heavy atom. The molecule has 0 radical (unpaired) electrons. The highest BCUT2D eigenvalue weighted by atomic mass is 32.1. The molecule has 0 N–H and O–H groups in total. The van der Waals surface area contributed by atoms with Crippen molar-refractivity contribution in [2.24, 2.45) is 0 Å². The molecule has 0 atom stereocenters. The molecular formula is C51H31N3S.